The van der Waals surface area contributed by atoms with E-state index in [1.54, 1.807) is 4.68 Å². The van der Waals surface area contributed by atoms with Crippen molar-refractivity contribution in [3.63, 3.8) is 0 Å². The van der Waals surface area contributed by atoms with Crippen molar-refractivity contribution in [1.29, 1.82) is 0 Å². The van der Waals surface area contributed by atoms with Crippen LogP contribution in [0.4, 0.5) is 0 Å². The molecule has 2 atom stereocenters. The highest BCUT2D eigenvalue weighted by molar-refractivity contribution is 5.94. The number of Topliss-reactive ketones (excluding diaryl/α,β-unsaturated/α-hetero) is 1. The van der Waals surface area contributed by atoms with Gasteiger partial charge < -0.3 is 0 Å². The summed E-state index contributed by atoms with van der Waals surface area (Å²) < 4.78 is 1.68. The van der Waals surface area contributed by atoms with Gasteiger partial charge in [-0.1, -0.05) is 49.4 Å². The summed E-state index contributed by atoms with van der Waals surface area (Å²) in [5, 5.41) is 2.59. The van der Waals surface area contributed by atoms with Crippen LogP contribution in [0.2, 0.25) is 0 Å². The Morgan fingerprint density at radius 1 is 1.07 bits per heavy atom. The van der Waals surface area contributed by atoms with Crippen molar-refractivity contribution in [3.8, 4) is 0 Å². The first-order chi connectivity index (χ1) is 13.2. The van der Waals surface area contributed by atoms with Gasteiger partial charge in [0.2, 0.25) is 0 Å². The number of carbonyl (C=O) groups is 1. The number of benzene rings is 2. The summed E-state index contributed by atoms with van der Waals surface area (Å²) in [5.41, 5.74) is 1.30. The van der Waals surface area contributed by atoms with Gasteiger partial charge in [-0.05, 0) is 30.5 Å². The minimum Gasteiger partial charge on any atom is -0.297 e. The van der Waals surface area contributed by atoms with Crippen LogP contribution in [0, 0.1) is 0 Å². The lowest BCUT2D eigenvalue weighted by Crippen LogP contribution is -2.37. The second kappa shape index (κ2) is 5.78. The summed E-state index contributed by atoms with van der Waals surface area (Å²) >= 11 is 0. The Morgan fingerprint density at radius 2 is 1.81 bits per heavy atom. The van der Waals surface area contributed by atoms with E-state index in [2.05, 4.69) is 12.1 Å². The number of hydrogen-bond donors (Lipinski definition) is 0. The average Bonchev–Trinajstić information content (AvgIpc) is 3.40. The maximum atomic E-state index is 13.4. The van der Waals surface area contributed by atoms with Gasteiger partial charge in [0.05, 0.1) is 10.9 Å². The van der Waals surface area contributed by atoms with Gasteiger partial charge in [0.25, 0.3) is 5.56 Å². The van der Waals surface area contributed by atoms with Crippen LogP contribution in [0.5, 0.6) is 0 Å². The first kappa shape index (κ1) is 16.2. The molecule has 3 aromatic rings. The summed E-state index contributed by atoms with van der Waals surface area (Å²) in [5.74, 6) is 0.920. The van der Waals surface area contributed by atoms with Crippen LogP contribution >= 0.6 is 0 Å². The van der Waals surface area contributed by atoms with Gasteiger partial charge in [-0.15, -0.1) is 0 Å². The van der Waals surface area contributed by atoms with Crippen LogP contribution in [0.1, 0.15) is 37.6 Å². The predicted octanol–water partition coefficient (Wildman–Crippen LogP) is 2.93. The van der Waals surface area contributed by atoms with E-state index in [4.69, 9.17) is 4.98 Å². The highest BCUT2D eigenvalue weighted by Crippen LogP contribution is 2.54. The molecule has 5 rings (SSSR count). The van der Waals surface area contributed by atoms with Crippen LogP contribution in [0.3, 0.4) is 0 Å². The van der Waals surface area contributed by atoms with Crippen molar-refractivity contribution in [1.82, 2.24) is 9.66 Å². The Morgan fingerprint density at radius 3 is 2.59 bits per heavy atom. The van der Waals surface area contributed by atoms with E-state index in [-0.39, 0.29) is 17.4 Å². The molecule has 0 spiro atoms. The number of carbonyl (C=O) groups excluding carboxylic acids is 1. The van der Waals surface area contributed by atoms with E-state index < -0.39 is 5.54 Å². The van der Waals surface area contributed by atoms with Gasteiger partial charge in [-0.2, -0.15) is 0 Å². The minimum atomic E-state index is -0.422. The van der Waals surface area contributed by atoms with Gasteiger partial charge in [-0.25, -0.2) is 9.66 Å². The zero-order chi connectivity index (χ0) is 18.6. The van der Waals surface area contributed by atoms with Gasteiger partial charge in [0.15, 0.2) is 5.78 Å². The Kier molecular flexibility index (Phi) is 3.47. The van der Waals surface area contributed by atoms with Gasteiger partial charge in [0.1, 0.15) is 17.4 Å². The molecular weight excluding hydrogens is 338 g/mol. The van der Waals surface area contributed by atoms with Crippen molar-refractivity contribution >= 4 is 16.7 Å². The Bertz CT molecular complexity index is 1110. The second-order valence-electron chi connectivity index (χ2n) is 7.37. The van der Waals surface area contributed by atoms with Crippen molar-refractivity contribution in [2.24, 2.45) is 0 Å². The normalized spacial score (nSPS) is 24.1. The molecular formula is C22H21N3O2. The maximum Gasteiger partial charge on any atom is 0.280 e. The number of nitrogens with zero attached hydrogens (tertiary/aromatic N) is 3. The molecule has 1 saturated heterocycles. The molecule has 2 aliphatic rings. The predicted molar refractivity (Wildman–Crippen MR) is 104 cm³/mol. The third kappa shape index (κ3) is 2.14. The van der Waals surface area contributed by atoms with E-state index in [0.29, 0.717) is 29.6 Å². The molecule has 2 heterocycles. The third-order valence-electron chi connectivity index (χ3n) is 5.95. The van der Waals surface area contributed by atoms with Gasteiger partial charge in [0, 0.05) is 12.8 Å². The fourth-order valence-corrected chi connectivity index (χ4v) is 4.72. The highest BCUT2D eigenvalue weighted by atomic mass is 16.2. The van der Waals surface area contributed by atoms with Gasteiger partial charge in [-0.3, -0.25) is 14.6 Å². The maximum absolute atomic E-state index is 13.4. The number of rotatable bonds is 3. The lowest BCUT2D eigenvalue weighted by atomic mass is 9.83. The molecule has 1 saturated carbocycles. The summed E-state index contributed by atoms with van der Waals surface area (Å²) in [4.78, 5) is 30.9. The number of fused-ring (bicyclic) bond motifs is 2. The molecule has 2 fully saturated rings. The number of hydrogen-bond acceptors (Lipinski definition) is 4. The van der Waals surface area contributed by atoms with E-state index in [1.807, 2.05) is 54.4 Å². The molecule has 2 aromatic carbocycles. The van der Waals surface area contributed by atoms with Crippen molar-refractivity contribution < 1.29 is 4.79 Å². The van der Waals surface area contributed by atoms with Crippen LogP contribution < -0.4 is 10.6 Å². The Hall–Kier alpha value is -2.95. The molecule has 1 aromatic heterocycles. The number of para-hydroxylation sites is 1. The summed E-state index contributed by atoms with van der Waals surface area (Å²) in [7, 11) is 0. The highest BCUT2D eigenvalue weighted by Gasteiger charge is 2.69. The van der Waals surface area contributed by atoms with E-state index >= 15 is 0 Å². The molecule has 27 heavy (non-hydrogen) atoms. The molecule has 0 amide bonds. The molecule has 5 heteroatoms. The largest absolute Gasteiger partial charge is 0.297 e. The Balaban J connectivity index is 1.76. The molecule has 0 bridgehead atoms. The van der Waals surface area contributed by atoms with E-state index in [9.17, 15) is 9.59 Å². The number of ketones is 1. The molecule has 0 N–H and O–H groups in total. The van der Waals surface area contributed by atoms with Crippen molar-refractivity contribution in [2.75, 3.05) is 5.01 Å². The molecule has 5 nitrogen and oxygen atoms in total. The van der Waals surface area contributed by atoms with Crippen LogP contribution in [-0.4, -0.2) is 21.5 Å². The quantitative estimate of drug-likeness (QED) is 0.675. The van der Waals surface area contributed by atoms with Crippen LogP contribution in [0.15, 0.2) is 59.4 Å². The van der Waals surface area contributed by atoms with Crippen LogP contribution in [-0.2, 0) is 16.8 Å². The molecule has 1 unspecified atom stereocenters. The fourth-order valence-electron chi connectivity index (χ4n) is 4.72. The molecule has 1 aliphatic carbocycles. The van der Waals surface area contributed by atoms with Crippen molar-refractivity contribution in [3.05, 3.63) is 76.3 Å². The lowest BCUT2D eigenvalue weighted by Gasteiger charge is -2.22. The first-order valence-electron chi connectivity index (χ1n) is 9.57. The standard InChI is InChI=1S/C22H21N3O2/c1-2-19-23-17-12-7-6-11-16(17)21(27)24(19)25-20-18(26)13-8-14-22(20,25)15-9-4-3-5-10-15/h3-7,9-12,20H,2,8,13-14H2,1H3/t20?,22-,25?/m1/s1. The number of aryl methyl sites for hydroxylation is 1. The zero-order valence-corrected chi connectivity index (χ0v) is 15.3. The summed E-state index contributed by atoms with van der Waals surface area (Å²) in [6, 6.07) is 17.3. The smallest absolute Gasteiger partial charge is 0.280 e. The first-order valence-corrected chi connectivity index (χ1v) is 9.57. The average molecular weight is 359 g/mol. The topological polar surface area (TPSA) is 55.0 Å². The molecule has 136 valence electrons. The zero-order valence-electron chi connectivity index (χ0n) is 15.3. The molecule has 1 aliphatic heterocycles. The number of aromatic nitrogens is 2. The van der Waals surface area contributed by atoms with E-state index in [0.717, 1.165) is 18.4 Å². The third-order valence-corrected chi connectivity index (χ3v) is 5.95. The van der Waals surface area contributed by atoms with Gasteiger partial charge >= 0.3 is 0 Å². The second-order valence-corrected chi connectivity index (χ2v) is 7.37. The minimum absolute atomic E-state index is 0.0880. The summed E-state index contributed by atoms with van der Waals surface area (Å²) in [6.45, 7) is 2.00. The van der Waals surface area contributed by atoms with Crippen molar-refractivity contribution in [2.45, 2.75) is 44.2 Å². The lowest BCUT2D eigenvalue weighted by molar-refractivity contribution is -0.119. The molecule has 0 radical (unpaired) electrons. The SMILES string of the molecule is CCc1nc2ccccc2c(=O)n1N1C2C(=O)CCC[C@@]21c1ccccc1. The Labute approximate surface area is 157 Å². The van der Waals surface area contributed by atoms with Crippen LogP contribution in [0.25, 0.3) is 10.9 Å². The van der Waals surface area contributed by atoms with E-state index in [1.165, 1.54) is 0 Å². The monoisotopic (exact) mass is 359 g/mol. The summed E-state index contributed by atoms with van der Waals surface area (Å²) in [6.07, 6.45) is 2.92. The fraction of sp³-hybridized carbons (Fsp3) is 0.318.